The summed E-state index contributed by atoms with van der Waals surface area (Å²) in [4.78, 5) is 0. The van der Waals surface area contributed by atoms with Gasteiger partial charge in [-0.2, -0.15) is 0 Å². The molecule has 0 bridgehead atoms. The molecule has 2 rings (SSSR count). The zero-order chi connectivity index (χ0) is 13.1. The number of rotatable bonds is 4. The normalized spacial score (nSPS) is 28.8. The molecule has 1 aromatic heterocycles. The predicted octanol–water partition coefficient (Wildman–Crippen LogP) is 2.88. The van der Waals surface area contributed by atoms with Crippen molar-refractivity contribution in [2.75, 3.05) is 7.05 Å². The fourth-order valence-electron chi connectivity index (χ4n) is 2.68. The fourth-order valence-corrected chi connectivity index (χ4v) is 3.98. The van der Waals surface area contributed by atoms with Crippen LogP contribution in [0.3, 0.4) is 0 Å². The summed E-state index contributed by atoms with van der Waals surface area (Å²) in [6.07, 6.45) is 3.79. The molecule has 0 amide bonds. The molecule has 102 valence electrons. The van der Waals surface area contributed by atoms with Crippen LogP contribution in [0.4, 0.5) is 0 Å². The van der Waals surface area contributed by atoms with Gasteiger partial charge in [0, 0.05) is 18.2 Å². The van der Waals surface area contributed by atoms with E-state index in [9.17, 15) is 0 Å². The van der Waals surface area contributed by atoms with Gasteiger partial charge < -0.3 is 9.73 Å². The van der Waals surface area contributed by atoms with Gasteiger partial charge in [0.15, 0.2) is 0 Å². The summed E-state index contributed by atoms with van der Waals surface area (Å²) in [5.41, 5.74) is 0. The van der Waals surface area contributed by atoms with Crippen LogP contribution in [0, 0.1) is 18.8 Å². The summed E-state index contributed by atoms with van der Waals surface area (Å²) in [6, 6.07) is 0.553. The molecule has 3 unspecified atom stereocenters. The van der Waals surface area contributed by atoms with E-state index in [-0.39, 0.29) is 0 Å². The number of thioether (sulfide) groups is 1. The fraction of sp³-hybridized carbons (Fsp3) is 0.846. The van der Waals surface area contributed by atoms with Crippen LogP contribution in [-0.4, -0.2) is 28.5 Å². The molecule has 18 heavy (non-hydrogen) atoms. The van der Waals surface area contributed by atoms with Crippen molar-refractivity contribution in [3.05, 3.63) is 5.89 Å². The zero-order valence-corrected chi connectivity index (χ0v) is 12.5. The number of nitrogens with one attached hydrogen (secondary N) is 1. The minimum Gasteiger partial charge on any atom is -0.416 e. The smallest absolute Gasteiger partial charge is 0.276 e. The topological polar surface area (TPSA) is 51.0 Å². The molecule has 0 radical (unpaired) electrons. The third-order valence-electron chi connectivity index (χ3n) is 3.91. The summed E-state index contributed by atoms with van der Waals surface area (Å²) in [5.74, 6) is 2.22. The first-order valence-corrected chi connectivity index (χ1v) is 7.62. The van der Waals surface area contributed by atoms with E-state index in [1.165, 1.54) is 19.3 Å². The minimum atomic E-state index is 0.538. The van der Waals surface area contributed by atoms with Crippen molar-refractivity contribution >= 4 is 11.8 Å². The van der Waals surface area contributed by atoms with Crippen LogP contribution >= 0.6 is 11.8 Å². The molecule has 0 aromatic carbocycles. The Hall–Kier alpha value is -0.550. The van der Waals surface area contributed by atoms with Crippen molar-refractivity contribution in [2.45, 2.75) is 56.5 Å². The molecule has 4 nitrogen and oxygen atoms in total. The summed E-state index contributed by atoms with van der Waals surface area (Å²) < 4.78 is 5.49. The van der Waals surface area contributed by atoms with E-state index < -0.39 is 0 Å². The van der Waals surface area contributed by atoms with Gasteiger partial charge in [0.05, 0.1) is 0 Å². The highest BCUT2D eigenvalue weighted by molar-refractivity contribution is 7.99. The second-order valence-corrected chi connectivity index (χ2v) is 6.65. The van der Waals surface area contributed by atoms with Gasteiger partial charge in [-0.25, -0.2) is 0 Å². The van der Waals surface area contributed by atoms with E-state index in [0.717, 1.165) is 11.8 Å². The van der Waals surface area contributed by atoms with Crippen LogP contribution < -0.4 is 5.32 Å². The molecule has 1 aromatic rings. The van der Waals surface area contributed by atoms with Gasteiger partial charge in [-0.1, -0.05) is 25.6 Å². The number of hydrogen-bond acceptors (Lipinski definition) is 5. The molecular weight excluding hydrogens is 246 g/mol. The van der Waals surface area contributed by atoms with Crippen molar-refractivity contribution < 1.29 is 4.42 Å². The Morgan fingerprint density at radius 1 is 1.33 bits per heavy atom. The largest absolute Gasteiger partial charge is 0.416 e. The van der Waals surface area contributed by atoms with Crippen LogP contribution in [0.2, 0.25) is 0 Å². The lowest BCUT2D eigenvalue weighted by Crippen LogP contribution is -2.41. The standard InChI is InChI=1S/C13H23N3OS/c1-8(2)10-5-6-11(14-4)12(7-10)18-13-16-15-9(3)17-13/h8,10-12,14H,5-7H2,1-4H3. The van der Waals surface area contributed by atoms with E-state index in [2.05, 4.69) is 29.4 Å². The average Bonchev–Trinajstić information content (AvgIpc) is 2.74. The predicted molar refractivity (Wildman–Crippen MR) is 73.7 cm³/mol. The first-order chi connectivity index (χ1) is 8.60. The van der Waals surface area contributed by atoms with Crippen LogP contribution in [0.5, 0.6) is 0 Å². The Labute approximate surface area is 113 Å². The Balaban J connectivity index is 2.02. The Kier molecular flexibility index (Phi) is 4.67. The summed E-state index contributed by atoms with van der Waals surface area (Å²) in [5, 5.41) is 12.7. The zero-order valence-electron chi connectivity index (χ0n) is 11.6. The highest BCUT2D eigenvalue weighted by atomic mass is 32.2. The molecule has 1 aliphatic carbocycles. The van der Waals surface area contributed by atoms with Gasteiger partial charge in [0.2, 0.25) is 5.89 Å². The maximum absolute atomic E-state index is 5.49. The molecular formula is C13H23N3OS. The van der Waals surface area contributed by atoms with Crippen LogP contribution in [0.1, 0.15) is 39.0 Å². The summed E-state index contributed by atoms with van der Waals surface area (Å²) >= 11 is 1.74. The Morgan fingerprint density at radius 2 is 2.11 bits per heavy atom. The molecule has 1 aliphatic rings. The number of nitrogens with zero attached hydrogens (tertiary/aromatic N) is 2. The lowest BCUT2D eigenvalue weighted by Gasteiger charge is -2.36. The summed E-state index contributed by atoms with van der Waals surface area (Å²) in [7, 11) is 2.05. The van der Waals surface area contributed by atoms with Crippen molar-refractivity contribution in [3.63, 3.8) is 0 Å². The monoisotopic (exact) mass is 269 g/mol. The first-order valence-electron chi connectivity index (χ1n) is 6.74. The second kappa shape index (κ2) is 6.06. The highest BCUT2D eigenvalue weighted by Crippen LogP contribution is 2.38. The quantitative estimate of drug-likeness (QED) is 0.911. The lowest BCUT2D eigenvalue weighted by atomic mass is 9.79. The van der Waals surface area contributed by atoms with Crippen molar-refractivity contribution in [2.24, 2.45) is 11.8 Å². The Morgan fingerprint density at radius 3 is 2.67 bits per heavy atom. The number of aromatic nitrogens is 2. The van der Waals surface area contributed by atoms with Gasteiger partial charge in [0.25, 0.3) is 5.22 Å². The molecule has 0 saturated heterocycles. The Bertz CT molecular complexity index is 380. The lowest BCUT2D eigenvalue weighted by molar-refractivity contribution is 0.250. The van der Waals surface area contributed by atoms with Gasteiger partial charge in [-0.3, -0.25) is 0 Å². The molecule has 1 N–H and O–H groups in total. The van der Waals surface area contributed by atoms with Crippen molar-refractivity contribution in [1.82, 2.24) is 15.5 Å². The maximum atomic E-state index is 5.49. The highest BCUT2D eigenvalue weighted by Gasteiger charge is 2.32. The van der Waals surface area contributed by atoms with Gasteiger partial charge in [0.1, 0.15) is 0 Å². The first kappa shape index (κ1) is 13.9. The van der Waals surface area contributed by atoms with E-state index in [1.807, 2.05) is 14.0 Å². The molecule has 5 heteroatoms. The van der Waals surface area contributed by atoms with Gasteiger partial charge in [-0.15, -0.1) is 10.2 Å². The average molecular weight is 269 g/mol. The SMILES string of the molecule is CNC1CCC(C(C)C)CC1Sc1nnc(C)o1. The van der Waals surface area contributed by atoms with Crippen molar-refractivity contribution in [3.8, 4) is 0 Å². The van der Waals surface area contributed by atoms with E-state index in [0.29, 0.717) is 22.4 Å². The van der Waals surface area contributed by atoms with Gasteiger partial charge in [-0.05, 0) is 38.1 Å². The minimum absolute atomic E-state index is 0.538. The van der Waals surface area contributed by atoms with E-state index in [1.54, 1.807) is 11.8 Å². The van der Waals surface area contributed by atoms with Crippen LogP contribution in [0.25, 0.3) is 0 Å². The van der Waals surface area contributed by atoms with Crippen molar-refractivity contribution in [1.29, 1.82) is 0 Å². The molecule has 0 spiro atoms. The third kappa shape index (κ3) is 3.26. The number of aryl methyl sites for hydroxylation is 1. The molecule has 3 atom stereocenters. The third-order valence-corrected chi connectivity index (χ3v) is 5.10. The molecule has 1 fully saturated rings. The summed E-state index contributed by atoms with van der Waals surface area (Å²) in [6.45, 7) is 6.48. The number of hydrogen-bond donors (Lipinski definition) is 1. The van der Waals surface area contributed by atoms with E-state index >= 15 is 0 Å². The second-order valence-electron chi connectivity index (χ2n) is 5.46. The van der Waals surface area contributed by atoms with Gasteiger partial charge >= 0.3 is 0 Å². The van der Waals surface area contributed by atoms with Crippen LogP contribution in [-0.2, 0) is 0 Å². The molecule has 1 saturated carbocycles. The van der Waals surface area contributed by atoms with E-state index in [4.69, 9.17) is 4.42 Å². The molecule has 1 heterocycles. The molecule has 0 aliphatic heterocycles. The van der Waals surface area contributed by atoms with Crippen LogP contribution in [0.15, 0.2) is 9.64 Å². The maximum Gasteiger partial charge on any atom is 0.276 e.